The van der Waals surface area contributed by atoms with Crippen molar-refractivity contribution >= 4 is 30.6 Å². The summed E-state index contributed by atoms with van der Waals surface area (Å²) in [5, 5.41) is 3.07. The number of ketones is 1. The fourth-order valence-electron chi connectivity index (χ4n) is 4.28. The lowest BCUT2D eigenvalue weighted by Crippen LogP contribution is -2.37. The molecule has 0 spiro atoms. The first-order valence-corrected chi connectivity index (χ1v) is 9.23. The van der Waals surface area contributed by atoms with Gasteiger partial charge in [0.15, 0.2) is 5.78 Å². The van der Waals surface area contributed by atoms with E-state index in [2.05, 4.69) is 11.9 Å². The van der Waals surface area contributed by atoms with Crippen molar-refractivity contribution in [2.45, 2.75) is 24.8 Å². The largest absolute Gasteiger partial charge is 0.497 e. The minimum atomic E-state index is -0.321. The molecule has 1 amide bonds. The molecule has 2 radical (unpaired) electrons. The van der Waals surface area contributed by atoms with Gasteiger partial charge in [0.2, 0.25) is 5.91 Å². The van der Waals surface area contributed by atoms with Crippen molar-refractivity contribution in [1.82, 2.24) is 5.32 Å². The molecule has 2 aliphatic rings. The summed E-state index contributed by atoms with van der Waals surface area (Å²) in [5.74, 6) is 0.250. The van der Waals surface area contributed by atoms with Crippen molar-refractivity contribution in [3.05, 3.63) is 77.4 Å². The maximum Gasteiger partial charge on any atom is 0.225 e. The van der Waals surface area contributed by atoms with Crippen molar-refractivity contribution in [3.63, 3.8) is 0 Å². The van der Waals surface area contributed by atoms with E-state index >= 15 is 0 Å². The summed E-state index contributed by atoms with van der Waals surface area (Å²) < 4.78 is 5.24. The molecule has 1 heterocycles. The van der Waals surface area contributed by atoms with E-state index in [0.29, 0.717) is 24.1 Å². The average Bonchev–Trinajstić information content (AvgIpc) is 2.72. The van der Waals surface area contributed by atoms with E-state index in [0.717, 1.165) is 27.8 Å². The minimum Gasteiger partial charge on any atom is -0.497 e. The van der Waals surface area contributed by atoms with Crippen molar-refractivity contribution < 1.29 is 14.3 Å². The second-order valence-corrected chi connectivity index (χ2v) is 7.13. The Hall–Kier alpha value is -3.08. The van der Waals surface area contributed by atoms with Crippen LogP contribution in [-0.2, 0) is 9.59 Å². The zero-order valence-electron chi connectivity index (χ0n) is 15.7. The first kappa shape index (κ1) is 18.3. The Labute approximate surface area is 165 Å². The third-order valence-corrected chi connectivity index (χ3v) is 5.60. The maximum atomic E-state index is 12.6. The van der Waals surface area contributed by atoms with E-state index in [1.807, 2.05) is 36.4 Å². The molecule has 0 bridgehead atoms. The Kier molecular flexibility index (Phi) is 4.67. The third kappa shape index (κ3) is 2.97. The summed E-state index contributed by atoms with van der Waals surface area (Å²) in [4.78, 5) is 25.1. The van der Waals surface area contributed by atoms with Crippen LogP contribution in [0.4, 0.5) is 0 Å². The Morgan fingerprint density at radius 2 is 2.07 bits per heavy atom. The van der Waals surface area contributed by atoms with E-state index in [-0.39, 0.29) is 23.7 Å². The lowest BCUT2D eigenvalue weighted by Gasteiger charge is -2.37. The number of nitrogens with one attached hydrogen (secondary N) is 1. The van der Waals surface area contributed by atoms with Gasteiger partial charge in [0.25, 0.3) is 0 Å². The van der Waals surface area contributed by atoms with E-state index in [9.17, 15) is 9.59 Å². The molecule has 2 aromatic carbocycles. The number of carbonyl (C=O) groups excluding carboxylic acids is 2. The highest BCUT2D eigenvalue weighted by atomic mass is 16.5. The lowest BCUT2D eigenvalue weighted by molar-refractivity contribution is -0.121. The van der Waals surface area contributed by atoms with Crippen LogP contribution in [0.25, 0.3) is 5.57 Å². The van der Waals surface area contributed by atoms with Gasteiger partial charge in [-0.1, -0.05) is 48.4 Å². The van der Waals surface area contributed by atoms with Crippen LogP contribution in [0.1, 0.15) is 41.5 Å². The van der Waals surface area contributed by atoms with Gasteiger partial charge in [0.05, 0.1) is 25.5 Å². The summed E-state index contributed by atoms with van der Waals surface area (Å²) >= 11 is 0. The number of allylic oxidation sites excluding steroid dienone is 1. The van der Waals surface area contributed by atoms with Crippen LogP contribution in [-0.4, -0.2) is 26.6 Å². The minimum absolute atomic E-state index is 0.0103. The van der Waals surface area contributed by atoms with Crippen LogP contribution < -0.4 is 15.5 Å². The highest BCUT2D eigenvalue weighted by Crippen LogP contribution is 2.46. The molecule has 5 heteroatoms. The molecule has 1 aliphatic carbocycles. The number of rotatable bonds is 4. The zero-order valence-corrected chi connectivity index (χ0v) is 15.7. The summed E-state index contributed by atoms with van der Waals surface area (Å²) in [6.07, 6.45) is 2.24. The second-order valence-electron chi connectivity index (χ2n) is 7.13. The van der Waals surface area contributed by atoms with Crippen LogP contribution in [0.15, 0.2) is 60.7 Å². The van der Waals surface area contributed by atoms with Gasteiger partial charge in [0.1, 0.15) is 13.6 Å². The first-order valence-electron chi connectivity index (χ1n) is 9.23. The van der Waals surface area contributed by atoms with E-state index < -0.39 is 0 Å². The number of methoxy groups -OCH3 is 1. The molecule has 28 heavy (non-hydrogen) atoms. The van der Waals surface area contributed by atoms with Gasteiger partial charge in [-0.2, -0.15) is 0 Å². The average molecular weight is 369 g/mol. The zero-order chi connectivity index (χ0) is 19.8. The lowest BCUT2D eigenvalue weighted by atomic mass is 9.71. The predicted molar refractivity (Wildman–Crippen MR) is 110 cm³/mol. The summed E-state index contributed by atoms with van der Waals surface area (Å²) in [6, 6.07) is 13.0. The standard InChI is InChI=1S/C23H20BNO3/c1-3-20(26)17-11-18-16(14-6-4-5-7-15(14)17)12-22(27)25-23(18)13-8-9-21(28-2)19(24)10-13/h3-10,17,23H,1,11-12H2,2H3,(H,25,27). The van der Waals surface area contributed by atoms with Crippen LogP contribution in [0.5, 0.6) is 5.75 Å². The smallest absolute Gasteiger partial charge is 0.225 e. The molecule has 0 saturated carbocycles. The number of hydrogen-bond acceptors (Lipinski definition) is 3. The number of amides is 1. The Balaban J connectivity index is 1.87. The van der Waals surface area contributed by atoms with E-state index in [1.165, 1.54) is 6.08 Å². The van der Waals surface area contributed by atoms with E-state index in [1.54, 1.807) is 13.2 Å². The van der Waals surface area contributed by atoms with Crippen LogP contribution in [0.3, 0.4) is 0 Å². The quantitative estimate of drug-likeness (QED) is 0.666. The summed E-state index contributed by atoms with van der Waals surface area (Å²) in [5.41, 5.74) is 5.40. The number of fused-ring (bicyclic) bond motifs is 2. The molecule has 4 nitrogen and oxygen atoms in total. The summed E-state index contributed by atoms with van der Waals surface area (Å²) in [6.45, 7) is 3.67. The molecule has 2 unspecified atom stereocenters. The molecule has 4 rings (SSSR count). The molecular formula is C23H20BNO3. The molecule has 0 aromatic heterocycles. The van der Waals surface area contributed by atoms with Crippen molar-refractivity contribution in [2.75, 3.05) is 7.11 Å². The van der Waals surface area contributed by atoms with Gasteiger partial charge in [-0.15, -0.1) is 0 Å². The first-order chi connectivity index (χ1) is 13.5. The maximum absolute atomic E-state index is 12.6. The summed E-state index contributed by atoms with van der Waals surface area (Å²) in [7, 11) is 7.66. The van der Waals surface area contributed by atoms with Crippen molar-refractivity contribution in [1.29, 1.82) is 0 Å². The number of benzene rings is 2. The molecule has 0 saturated heterocycles. The fraction of sp³-hybridized carbons (Fsp3) is 0.217. The SMILES string of the molecule is [B]c1cc(C2NC(=O)CC3=C2CC(C(=O)C=C)c2ccccc23)ccc1OC. The number of hydrogen-bond donors (Lipinski definition) is 1. The number of carbonyl (C=O) groups is 2. The molecular weight excluding hydrogens is 349 g/mol. The Morgan fingerprint density at radius 3 is 2.79 bits per heavy atom. The second kappa shape index (κ2) is 7.15. The number of ether oxygens (including phenoxy) is 1. The highest BCUT2D eigenvalue weighted by Gasteiger charge is 2.37. The van der Waals surface area contributed by atoms with Gasteiger partial charge in [-0.05, 0) is 46.4 Å². The Bertz CT molecular complexity index is 1020. The van der Waals surface area contributed by atoms with Gasteiger partial charge in [0, 0.05) is 0 Å². The molecule has 1 N–H and O–H groups in total. The van der Waals surface area contributed by atoms with Crippen LogP contribution >= 0.6 is 0 Å². The molecule has 1 aliphatic heterocycles. The molecule has 0 fully saturated rings. The predicted octanol–water partition coefficient (Wildman–Crippen LogP) is 2.75. The molecule has 2 atom stereocenters. The fourth-order valence-corrected chi connectivity index (χ4v) is 4.28. The third-order valence-electron chi connectivity index (χ3n) is 5.60. The normalized spacial score (nSPS) is 20.7. The van der Waals surface area contributed by atoms with E-state index in [4.69, 9.17) is 12.6 Å². The van der Waals surface area contributed by atoms with Crippen molar-refractivity contribution in [3.8, 4) is 5.75 Å². The molecule has 2 aromatic rings. The highest BCUT2D eigenvalue weighted by molar-refractivity contribution is 6.34. The van der Waals surface area contributed by atoms with Crippen molar-refractivity contribution in [2.24, 2.45) is 0 Å². The molecule has 138 valence electrons. The topological polar surface area (TPSA) is 55.4 Å². The monoisotopic (exact) mass is 369 g/mol. The van der Waals surface area contributed by atoms with Gasteiger partial charge < -0.3 is 10.1 Å². The van der Waals surface area contributed by atoms with Gasteiger partial charge in [-0.25, -0.2) is 0 Å². The van der Waals surface area contributed by atoms with Crippen LogP contribution in [0, 0.1) is 0 Å². The van der Waals surface area contributed by atoms with Crippen LogP contribution in [0.2, 0.25) is 0 Å². The van der Waals surface area contributed by atoms with Gasteiger partial charge >= 0.3 is 0 Å². The Morgan fingerprint density at radius 1 is 1.29 bits per heavy atom. The van der Waals surface area contributed by atoms with Gasteiger partial charge in [-0.3, -0.25) is 9.59 Å².